The highest BCUT2D eigenvalue weighted by Crippen LogP contribution is 2.23. The van der Waals surface area contributed by atoms with Crippen molar-refractivity contribution in [2.45, 2.75) is 19.5 Å². The van der Waals surface area contributed by atoms with Gasteiger partial charge in [-0.05, 0) is 23.1 Å². The Morgan fingerprint density at radius 2 is 2.19 bits per heavy atom. The maximum absolute atomic E-state index is 12.6. The molecule has 0 atom stereocenters. The molecule has 0 fully saturated rings. The molecule has 0 aromatic carbocycles. The molecule has 1 aliphatic heterocycles. The van der Waals surface area contributed by atoms with E-state index in [1.165, 1.54) is 0 Å². The normalized spacial score (nSPS) is 14.2. The van der Waals surface area contributed by atoms with Crippen LogP contribution < -0.4 is 10.5 Å². The van der Waals surface area contributed by atoms with E-state index in [1.807, 2.05) is 48.8 Å². The number of hydrogen-bond acceptors (Lipinski definition) is 6. The highest BCUT2D eigenvalue weighted by molar-refractivity contribution is 7.13. The Morgan fingerprint density at radius 3 is 2.88 bits per heavy atom. The van der Waals surface area contributed by atoms with Crippen molar-refractivity contribution in [1.29, 1.82) is 0 Å². The maximum atomic E-state index is 12.6. The Labute approximate surface area is 156 Å². The molecule has 134 valence electrons. The molecule has 4 heterocycles. The van der Waals surface area contributed by atoms with E-state index in [2.05, 4.69) is 20.9 Å². The first-order valence-electron chi connectivity index (χ1n) is 8.61. The van der Waals surface area contributed by atoms with Gasteiger partial charge in [0.1, 0.15) is 5.82 Å². The number of nitrogens with zero attached hydrogens (tertiary/aromatic N) is 4. The molecular formula is C19H21N5OS. The third kappa shape index (κ3) is 3.40. The van der Waals surface area contributed by atoms with Crippen LogP contribution in [0, 0.1) is 0 Å². The Hall–Kier alpha value is -2.51. The number of nitrogens with one attached hydrogen (secondary N) is 1. The molecule has 0 spiro atoms. The second-order valence-electron chi connectivity index (χ2n) is 6.70. The van der Waals surface area contributed by atoms with Gasteiger partial charge in [0.05, 0.1) is 16.1 Å². The van der Waals surface area contributed by atoms with Crippen LogP contribution in [0.15, 0.2) is 40.6 Å². The molecular weight excluding hydrogens is 346 g/mol. The fraction of sp³-hybridized carbons (Fsp3) is 0.316. The molecule has 0 saturated heterocycles. The summed E-state index contributed by atoms with van der Waals surface area (Å²) in [4.78, 5) is 29.9. The molecule has 0 bridgehead atoms. The van der Waals surface area contributed by atoms with Crippen molar-refractivity contribution in [1.82, 2.24) is 19.9 Å². The average Bonchev–Trinajstić information content (AvgIpc) is 3.17. The van der Waals surface area contributed by atoms with Crippen molar-refractivity contribution in [3.63, 3.8) is 0 Å². The summed E-state index contributed by atoms with van der Waals surface area (Å²) >= 11 is 1.59. The third-order valence-electron chi connectivity index (χ3n) is 4.58. The predicted molar refractivity (Wildman–Crippen MR) is 105 cm³/mol. The summed E-state index contributed by atoms with van der Waals surface area (Å²) in [5.41, 5.74) is 2.84. The molecule has 0 saturated carbocycles. The van der Waals surface area contributed by atoms with E-state index in [0.717, 1.165) is 47.0 Å². The minimum Gasteiger partial charge on any atom is -0.363 e. The second-order valence-corrected chi connectivity index (χ2v) is 7.64. The van der Waals surface area contributed by atoms with E-state index < -0.39 is 0 Å². The van der Waals surface area contributed by atoms with Crippen LogP contribution >= 0.6 is 11.3 Å². The van der Waals surface area contributed by atoms with Gasteiger partial charge in [-0.25, -0.2) is 9.97 Å². The Morgan fingerprint density at radius 1 is 1.31 bits per heavy atom. The quantitative estimate of drug-likeness (QED) is 0.768. The lowest BCUT2D eigenvalue weighted by atomic mass is 10.1. The number of pyridine rings is 1. The Kier molecular flexibility index (Phi) is 4.57. The molecule has 1 aliphatic rings. The van der Waals surface area contributed by atoms with Crippen molar-refractivity contribution < 1.29 is 0 Å². The van der Waals surface area contributed by atoms with Crippen molar-refractivity contribution in [2.24, 2.45) is 0 Å². The molecule has 1 N–H and O–H groups in total. The van der Waals surface area contributed by atoms with Gasteiger partial charge in [-0.15, -0.1) is 11.3 Å². The van der Waals surface area contributed by atoms with Gasteiger partial charge in [-0.3, -0.25) is 9.69 Å². The van der Waals surface area contributed by atoms with Gasteiger partial charge in [0.25, 0.3) is 5.56 Å². The van der Waals surface area contributed by atoms with Crippen LogP contribution in [0.4, 0.5) is 5.82 Å². The summed E-state index contributed by atoms with van der Waals surface area (Å²) in [6.45, 7) is 2.30. The highest BCUT2D eigenvalue weighted by atomic mass is 32.1. The molecule has 0 aliphatic carbocycles. The molecule has 3 aromatic heterocycles. The van der Waals surface area contributed by atoms with Crippen molar-refractivity contribution in [3.05, 3.63) is 63.0 Å². The van der Waals surface area contributed by atoms with Crippen LogP contribution in [-0.2, 0) is 19.5 Å². The molecule has 0 radical (unpaired) electrons. The number of thiophene rings is 1. The molecule has 26 heavy (non-hydrogen) atoms. The minimum absolute atomic E-state index is 0.0239. The van der Waals surface area contributed by atoms with Crippen LogP contribution in [0.3, 0.4) is 0 Å². The zero-order valence-corrected chi connectivity index (χ0v) is 15.7. The van der Waals surface area contributed by atoms with Gasteiger partial charge in [0, 0.05) is 46.3 Å². The zero-order valence-electron chi connectivity index (χ0n) is 14.9. The van der Waals surface area contributed by atoms with E-state index >= 15 is 0 Å². The Bertz CT molecular complexity index is 947. The number of H-pyrrole nitrogens is 1. The monoisotopic (exact) mass is 367 g/mol. The minimum atomic E-state index is -0.0239. The van der Waals surface area contributed by atoms with Gasteiger partial charge < -0.3 is 9.88 Å². The van der Waals surface area contributed by atoms with Gasteiger partial charge in [0.15, 0.2) is 5.82 Å². The summed E-state index contributed by atoms with van der Waals surface area (Å²) in [6.07, 6.45) is 2.70. The van der Waals surface area contributed by atoms with E-state index in [-0.39, 0.29) is 5.56 Å². The fourth-order valence-electron chi connectivity index (χ4n) is 3.18. The number of rotatable bonds is 4. The molecule has 6 nitrogen and oxygen atoms in total. The van der Waals surface area contributed by atoms with E-state index in [4.69, 9.17) is 4.98 Å². The Balaban J connectivity index is 1.52. The predicted octanol–water partition coefficient (Wildman–Crippen LogP) is 2.52. The van der Waals surface area contributed by atoms with Gasteiger partial charge in [0.2, 0.25) is 0 Å². The third-order valence-corrected chi connectivity index (χ3v) is 5.45. The summed E-state index contributed by atoms with van der Waals surface area (Å²) in [5, 5.41) is 1.99. The SMILES string of the molecule is CN(C)c1ccc(CN2CCc3nc(-c4cccs4)[nH]c(=O)c3C2)cn1. The number of aromatic nitrogens is 3. The molecule has 0 unspecified atom stereocenters. The number of aromatic amines is 1. The second kappa shape index (κ2) is 7.01. The van der Waals surface area contributed by atoms with Crippen molar-refractivity contribution in [2.75, 3.05) is 25.5 Å². The zero-order chi connectivity index (χ0) is 18.1. The molecule has 7 heteroatoms. The number of hydrogen-bond donors (Lipinski definition) is 1. The van der Waals surface area contributed by atoms with Gasteiger partial charge in [-0.2, -0.15) is 0 Å². The summed E-state index contributed by atoms with van der Waals surface area (Å²) in [5.74, 6) is 1.63. The van der Waals surface area contributed by atoms with Crippen LogP contribution in [0.5, 0.6) is 0 Å². The molecule has 3 aromatic rings. The fourth-order valence-corrected chi connectivity index (χ4v) is 3.85. The van der Waals surface area contributed by atoms with Gasteiger partial charge in [-0.1, -0.05) is 12.1 Å². The smallest absolute Gasteiger partial charge is 0.255 e. The van der Waals surface area contributed by atoms with Crippen molar-refractivity contribution >= 4 is 17.2 Å². The van der Waals surface area contributed by atoms with Crippen LogP contribution in [0.25, 0.3) is 10.7 Å². The van der Waals surface area contributed by atoms with E-state index in [1.54, 1.807) is 11.3 Å². The summed E-state index contributed by atoms with van der Waals surface area (Å²) in [6, 6.07) is 8.07. The highest BCUT2D eigenvalue weighted by Gasteiger charge is 2.21. The first-order valence-corrected chi connectivity index (χ1v) is 9.48. The lowest BCUT2D eigenvalue weighted by molar-refractivity contribution is 0.241. The van der Waals surface area contributed by atoms with E-state index in [9.17, 15) is 4.79 Å². The topological polar surface area (TPSA) is 65.1 Å². The number of anilines is 1. The first-order chi connectivity index (χ1) is 12.6. The maximum Gasteiger partial charge on any atom is 0.255 e. The van der Waals surface area contributed by atoms with Gasteiger partial charge >= 0.3 is 0 Å². The summed E-state index contributed by atoms with van der Waals surface area (Å²) < 4.78 is 0. The average molecular weight is 367 g/mol. The van der Waals surface area contributed by atoms with E-state index in [0.29, 0.717) is 12.4 Å². The first kappa shape index (κ1) is 16.9. The van der Waals surface area contributed by atoms with Crippen LogP contribution in [0.2, 0.25) is 0 Å². The standard InChI is InChI=1S/C19H21N5OS/c1-23(2)17-6-5-13(10-20-17)11-24-8-7-15-14(12-24)19(25)22-18(21-15)16-4-3-9-26-16/h3-6,9-10H,7-8,11-12H2,1-2H3,(H,21,22,25). The summed E-state index contributed by atoms with van der Waals surface area (Å²) in [7, 11) is 3.96. The lowest BCUT2D eigenvalue weighted by Gasteiger charge is -2.27. The van der Waals surface area contributed by atoms with Crippen LogP contribution in [0.1, 0.15) is 16.8 Å². The largest absolute Gasteiger partial charge is 0.363 e. The van der Waals surface area contributed by atoms with Crippen LogP contribution in [-0.4, -0.2) is 40.5 Å². The lowest BCUT2D eigenvalue weighted by Crippen LogP contribution is -2.35. The number of fused-ring (bicyclic) bond motifs is 1. The molecule has 0 amide bonds. The molecule has 4 rings (SSSR count). The van der Waals surface area contributed by atoms with Crippen molar-refractivity contribution in [3.8, 4) is 10.7 Å².